The summed E-state index contributed by atoms with van der Waals surface area (Å²) in [7, 11) is 0. The highest BCUT2D eigenvalue weighted by Crippen LogP contribution is 2.35. The van der Waals surface area contributed by atoms with Crippen LogP contribution in [0.15, 0.2) is 44.8 Å². The fourth-order valence-electron chi connectivity index (χ4n) is 4.02. The van der Waals surface area contributed by atoms with Crippen molar-refractivity contribution in [1.82, 2.24) is 19.7 Å². The summed E-state index contributed by atoms with van der Waals surface area (Å²) in [6, 6.07) is 9.99. The smallest absolute Gasteiger partial charge is 0.263 e. The molecule has 0 spiro atoms. The van der Waals surface area contributed by atoms with E-state index < -0.39 is 0 Å². The van der Waals surface area contributed by atoms with Crippen LogP contribution in [0, 0.1) is 13.8 Å². The lowest BCUT2D eigenvalue weighted by Crippen LogP contribution is -2.26. The number of benzene rings is 1. The SMILES string of the molecule is Cc1sc2nc(SCc3nc(-c4ccccc4)no3)n(C3CCCC3)c(=O)c2c1C. The Bertz CT molecular complexity index is 1250. The van der Waals surface area contributed by atoms with E-state index in [1.807, 2.05) is 41.8 Å². The van der Waals surface area contributed by atoms with Gasteiger partial charge in [-0.3, -0.25) is 9.36 Å². The van der Waals surface area contributed by atoms with Crippen molar-refractivity contribution in [1.29, 1.82) is 0 Å². The third kappa shape index (κ3) is 3.48. The molecule has 1 saturated carbocycles. The van der Waals surface area contributed by atoms with E-state index >= 15 is 0 Å². The minimum Gasteiger partial charge on any atom is -0.338 e. The molecule has 0 radical (unpaired) electrons. The van der Waals surface area contributed by atoms with Gasteiger partial charge in [0.2, 0.25) is 11.7 Å². The van der Waals surface area contributed by atoms with Crippen LogP contribution in [-0.4, -0.2) is 19.7 Å². The summed E-state index contributed by atoms with van der Waals surface area (Å²) in [4.78, 5) is 24.8. The lowest BCUT2D eigenvalue weighted by molar-refractivity contribution is 0.391. The highest BCUT2D eigenvalue weighted by molar-refractivity contribution is 7.98. The minimum atomic E-state index is 0.0896. The Kier molecular flexibility index (Phi) is 5.20. The summed E-state index contributed by atoms with van der Waals surface area (Å²) in [5, 5.41) is 5.62. The van der Waals surface area contributed by atoms with Gasteiger partial charge in [-0.2, -0.15) is 4.98 Å². The van der Waals surface area contributed by atoms with Crippen molar-refractivity contribution in [2.24, 2.45) is 0 Å². The van der Waals surface area contributed by atoms with Gasteiger partial charge in [-0.1, -0.05) is 60.1 Å². The summed E-state index contributed by atoms with van der Waals surface area (Å²) >= 11 is 3.09. The molecule has 6 nitrogen and oxygen atoms in total. The van der Waals surface area contributed by atoms with Crippen molar-refractivity contribution in [2.75, 3.05) is 0 Å². The number of nitrogens with zero attached hydrogens (tertiary/aromatic N) is 4. The topological polar surface area (TPSA) is 73.8 Å². The van der Waals surface area contributed by atoms with Crippen molar-refractivity contribution in [2.45, 2.75) is 56.5 Å². The molecule has 5 rings (SSSR count). The highest BCUT2D eigenvalue weighted by atomic mass is 32.2. The maximum absolute atomic E-state index is 13.4. The number of aryl methyl sites for hydroxylation is 2. The Hall–Kier alpha value is -2.45. The zero-order valence-corrected chi connectivity index (χ0v) is 18.6. The molecule has 0 unspecified atom stereocenters. The van der Waals surface area contributed by atoms with Crippen molar-refractivity contribution in [3.63, 3.8) is 0 Å². The summed E-state index contributed by atoms with van der Waals surface area (Å²) in [5.41, 5.74) is 2.07. The van der Waals surface area contributed by atoms with Gasteiger partial charge >= 0.3 is 0 Å². The lowest BCUT2D eigenvalue weighted by Gasteiger charge is -2.17. The van der Waals surface area contributed by atoms with Gasteiger partial charge in [0.1, 0.15) is 4.83 Å². The van der Waals surface area contributed by atoms with Crippen LogP contribution in [0.3, 0.4) is 0 Å². The molecule has 1 aromatic carbocycles. The van der Waals surface area contributed by atoms with Gasteiger partial charge < -0.3 is 4.52 Å². The molecule has 3 aromatic heterocycles. The largest absolute Gasteiger partial charge is 0.338 e. The number of hydrogen-bond acceptors (Lipinski definition) is 7. The minimum absolute atomic E-state index is 0.0896. The molecule has 4 aromatic rings. The Morgan fingerprint density at radius 1 is 1.17 bits per heavy atom. The molecule has 30 heavy (non-hydrogen) atoms. The second kappa shape index (κ2) is 8.00. The van der Waals surface area contributed by atoms with E-state index in [9.17, 15) is 4.79 Å². The number of rotatable bonds is 5. The second-order valence-corrected chi connectivity index (χ2v) is 9.78. The average Bonchev–Trinajstić information content (AvgIpc) is 3.49. The van der Waals surface area contributed by atoms with Crippen LogP contribution in [0.2, 0.25) is 0 Å². The maximum atomic E-state index is 13.4. The molecular formula is C22H22N4O2S2. The normalized spacial score (nSPS) is 14.7. The molecule has 1 aliphatic carbocycles. The van der Waals surface area contributed by atoms with Gasteiger partial charge in [-0.05, 0) is 32.3 Å². The van der Waals surface area contributed by atoms with E-state index in [0.29, 0.717) is 17.5 Å². The Morgan fingerprint density at radius 3 is 2.70 bits per heavy atom. The zero-order chi connectivity index (χ0) is 20.7. The monoisotopic (exact) mass is 438 g/mol. The molecule has 0 aliphatic heterocycles. The Balaban J connectivity index is 1.49. The van der Waals surface area contributed by atoms with E-state index in [1.54, 1.807) is 11.3 Å². The zero-order valence-electron chi connectivity index (χ0n) is 16.9. The van der Waals surface area contributed by atoms with Crippen molar-refractivity contribution >= 4 is 33.3 Å². The molecule has 1 fully saturated rings. The number of thioether (sulfide) groups is 1. The van der Waals surface area contributed by atoms with Crippen LogP contribution >= 0.6 is 23.1 Å². The predicted molar refractivity (Wildman–Crippen MR) is 120 cm³/mol. The van der Waals surface area contributed by atoms with Crippen LogP contribution in [0.1, 0.15) is 48.1 Å². The first-order valence-electron chi connectivity index (χ1n) is 10.1. The van der Waals surface area contributed by atoms with Gasteiger partial charge in [0.25, 0.3) is 5.56 Å². The molecule has 0 atom stereocenters. The fraction of sp³-hybridized carbons (Fsp3) is 0.364. The third-order valence-corrected chi connectivity index (χ3v) is 7.76. The molecule has 0 amide bonds. The Morgan fingerprint density at radius 2 is 1.93 bits per heavy atom. The highest BCUT2D eigenvalue weighted by Gasteiger charge is 2.25. The molecule has 154 valence electrons. The molecule has 0 saturated heterocycles. The van der Waals surface area contributed by atoms with Gasteiger partial charge in [0.15, 0.2) is 5.16 Å². The molecule has 1 aliphatic rings. The molecule has 8 heteroatoms. The van der Waals surface area contributed by atoms with Gasteiger partial charge in [0, 0.05) is 16.5 Å². The summed E-state index contributed by atoms with van der Waals surface area (Å²) < 4.78 is 7.38. The van der Waals surface area contributed by atoms with Crippen LogP contribution in [0.4, 0.5) is 0 Å². The summed E-state index contributed by atoms with van der Waals surface area (Å²) in [6.07, 6.45) is 4.37. The van der Waals surface area contributed by atoms with E-state index in [4.69, 9.17) is 9.51 Å². The van der Waals surface area contributed by atoms with Gasteiger partial charge in [-0.25, -0.2) is 4.98 Å². The molecule has 0 bridgehead atoms. The van der Waals surface area contributed by atoms with Crippen molar-refractivity contribution < 1.29 is 4.52 Å². The van der Waals surface area contributed by atoms with Crippen LogP contribution < -0.4 is 5.56 Å². The maximum Gasteiger partial charge on any atom is 0.263 e. The Labute approximate surface area is 182 Å². The summed E-state index contributed by atoms with van der Waals surface area (Å²) in [5.74, 6) is 1.59. The van der Waals surface area contributed by atoms with Crippen molar-refractivity contribution in [3.8, 4) is 11.4 Å². The first-order chi connectivity index (χ1) is 14.6. The fourth-order valence-corrected chi connectivity index (χ4v) is 5.99. The van der Waals surface area contributed by atoms with Crippen LogP contribution in [-0.2, 0) is 5.75 Å². The van der Waals surface area contributed by atoms with E-state index in [2.05, 4.69) is 17.1 Å². The van der Waals surface area contributed by atoms with E-state index in [1.165, 1.54) is 11.8 Å². The van der Waals surface area contributed by atoms with Crippen LogP contribution in [0.25, 0.3) is 21.6 Å². The van der Waals surface area contributed by atoms with Crippen molar-refractivity contribution in [3.05, 3.63) is 57.0 Å². The predicted octanol–water partition coefficient (Wildman–Crippen LogP) is 5.53. The number of aromatic nitrogens is 4. The summed E-state index contributed by atoms with van der Waals surface area (Å²) in [6.45, 7) is 4.07. The first-order valence-corrected chi connectivity index (χ1v) is 11.9. The number of fused-ring (bicyclic) bond motifs is 1. The number of hydrogen-bond donors (Lipinski definition) is 0. The van der Waals surface area contributed by atoms with Gasteiger partial charge in [-0.15, -0.1) is 11.3 Å². The van der Waals surface area contributed by atoms with E-state index in [-0.39, 0.29) is 11.6 Å². The standard InChI is InChI=1S/C22H22N4O2S2/c1-13-14(2)30-20-18(13)21(27)26(16-10-6-7-11-16)22(24-20)29-12-17-23-19(25-28-17)15-8-4-3-5-9-15/h3-5,8-9,16H,6-7,10-12H2,1-2H3. The van der Waals surface area contributed by atoms with Crippen LogP contribution in [0.5, 0.6) is 0 Å². The molecule has 3 heterocycles. The lowest BCUT2D eigenvalue weighted by atomic mass is 10.2. The van der Waals surface area contributed by atoms with Gasteiger partial charge in [0.05, 0.1) is 11.1 Å². The molecule has 0 N–H and O–H groups in total. The van der Waals surface area contributed by atoms with E-state index in [0.717, 1.165) is 57.1 Å². The average molecular weight is 439 g/mol. The number of thiophene rings is 1. The first kappa shape index (κ1) is 19.5. The third-order valence-electron chi connectivity index (χ3n) is 5.72. The molecular weight excluding hydrogens is 416 g/mol. The second-order valence-electron chi connectivity index (χ2n) is 7.64. The quantitative estimate of drug-likeness (QED) is 0.301.